The highest BCUT2D eigenvalue weighted by Crippen LogP contribution is 2.20. The van der Waals surface area contributed by atoms with Crippen LogP contribution in [0.1, 0.15) is 13.8 Å². The first-order valence-corrected chi connectivity index (χ1v) is 7.32. The molecule has 0 radical (unpaired) electrons. The van der Waals surface area contributed by atoms with Crippen LogP contribution in [0, 0.1) is 5.82 Å². The number of halogens is 1. The molecule has 7 heteroatoms. The minimum absolute atomic E-state index is 0.0179. The molecule has 0 saturated heterocycles. The van der Waals surface area contributed by atoms with Gasteiger partial charge < -0.3 is 10.5 Å². The zero-order valence-electron chi connectivity index (χ0n) is 11.3. The number of rotatable bonds is 6. The Kier molecular flexibility index (Phi) is 5.28. The van der Waals surface area contributed by atoms with Crippen molar-refractivity contribution in [2.24, 2.45) is 0 Å². The molecule has 108 valence electrons. The monoisotopic (exact) mass is 290 g/mol. The number of benzene rings is 1. The summed E-state index contributed by atoms with van der Waals surface area (Å²) in [6.07, 6.45) is 0.0179. The predicted octanol–water partition coefficient (Wildman–Crippen LogP) is 1.45. The van der Waals surface area contributed by atoms with Gasteiger partial charge in [-0.05, 0) is 32.0 Å². The van der Waals surface area contributed by atoms with E-state index in [0.717, 1.165) is 10.4 Å². The number of likely N-dealkylation sites (N-methyl/N-ethyl adjacent to an activating group) is 1. The maximum absolute atomic E-state index is 13.6. The fourth-order valence-corrected chi connectivity index (χ4v) is 2.63. The lowest BCUT2D eigenvalue weighted by Gasteiger charge is -2.18. The first kappa shape index (κ1) is 15.9. The van der Waals surface area contributed by atoms with Crippen molar-refractivity contribution in [1.29, 1.82) is 0 Å². The molecule has 1 rings (SSSR count). The Morgan fingerprint density at radius 3 is 2.58 bits per heavy atom. The Balaban J connectivity index is 2.85. The highest BCUT2D eigenvalue weighted by molar-refractivity contribution is 7.89. The van der Waals surface area contributed by atoms with Crippen molar-refractivity contribution in [2.45, 2.75) is 24.8 Å². The summed E-state index contributed by atoms with van der Waals surface area (Å²) in [5.74, 6) is -0.850. The second kappa shape index (κ2) is 6.31. The molecule has 5 nitrogen and oxygen atoms in total. The van der Waals surface area contributed by atoms with Gasteiger partial charge in [0.25, 0.3) is 0 Å². The molecule has 0 aliphatic rings. The summed E-state index contributed by atoms with van der Waals surface area (Å²) >= 11 is 0. The quantitative estimate of drug-likeness (QED) is 0.805. The van der Waals surface area contributed by atoms with Gasteiger partial charge in [0.2, 0.25) is 10.0 Å². The van der Waals surface area contributed by atoms with Crippen LogP contribution < -0.4 is 5.73 Å². The van der Waals surface area contributed by atoms with Gasteiger partial charge in [0.05, 0.1) is 12.7 Å². The number of sulfonamides is 1. The molecule has 0 amide bonds. The lowest BCUT2D eigenvalue weighted by Crippen LogP contribution is -2.31. The maximum Gasteiger partial charge on any atom is 0.245 e. The number of anilines is 1. The van der Waals surface area contributed by atoms with E-state index in [1.807, 2.05) is 13.8 Å². The zero-order chi connectivity index (χ0) is 14.6. The third kappa shape index (κ3) is 4.15. The minimum atomic E-state index is -3.86. The highest BCUT2D eigenvalue weighted by Gasteiger charge is 2.24. The molecular weight excluding hydrogens is 271 g/mol. The van der Waals surface area contributed by atoms with E-state index in [9.17, 15) is 12.8 Å². The average Bonchev–Trinajstić information content (AvgIpc) is 2.27. The van der Waals surface area contributed by atoms with Crippen LogP contribution in [0.5, 0.6) is 0 Å². The van der Waals surface area contributed by atoms with Crippen molar-refractivity contribution in [3.05, 3.63) is 24.0 Å². The first-order chi connectivity index (χ1) is 8.75. The van der Waals surface area contributed by atoms with Crippen LogP contribution >= 0.6 is 0 Å². The predicted molar refractivity (Wildman–Crippen MR) is 71.7 cm³/mol. The van der Waals surface area contributed by atoms with Gasteiger partial charge in [-0.1, -0.05) is 0 Å². The van der Waals surface area contributed by atoms with Crippen molar-refractivity contribution in [3.8, 4) is 0 Å². The Labute approximate surface area is 113 Å². The van der Waals surface area contributed by atoms with E-state index < -0.39 is 15.8 Å². The molecule has 0 unspecified atom stereocenters. The molecule has 0 saturated carbocycles. The van der Waals surface area contributed by atoms with Crippen molar-refractivity contribution < 1.29 is 17.5 Å². The van der Waals surface area contributed by atoms with E-state index in [1.54, 1.807) is 0 Å². The van der Waals surface area contributed by atoms with Crippen LogP contribution in [0.4, 0.5) is 10.1 Å². The van der Waals surface area contributed by atoms with E-state index in [2.05, 4.69) is 0 Å². The van der Waals surface area contributed by atoms with E-state index in [1.165, 1.54) is 19.2 Å². The maximum atomic E-state index is 13.6. The van der Waals surface area contributed by atoms with Crippen LogP contribution in [0.25, 0.3) is 0 Å². The second-order valence-electron chi connectivity index (χ2n) is 4.44. The van der Waals surface area contributed by atoms with E-state index in [0.29, 0.717) is 0 Å². The van der Waals surface area contributed by atoms with Crippen molar-refractivity contribution in [3.63, 3.8) is 0 Å². The van der Waals surface area contributed by atoms with Gasteiger partial charge in [0.15, 0.2) is 0 Å². The molecule has 0 spiro atoms. The second-order valence-corrected chi connectivity index (χ2v) is 6.45. The SMILES string of the molecule is CC(C)OCCN(C)S(=O)(=O)c1ccc(N)cc1F. The Hall–Kier alpha value is -1.18. The summed E-state index contributed by atoms with van der Waals surface area (Å²) in [4.78, 5) is -0.381. The van der Waals surface area contributed by atoms with Crippen LogP contribution in [0.3, 0.4) is 0 Å². The van der Waals surface area contributed by atoms with E-state index in [4.69, 9.17) is 10.5 Å². The number of ether oxygens (including phenoxy) is 1. The van der Waals surface area contributed by atoms with Gasteiger partial charge in [-0.3, -0.25) is 0 Å². The van der Waals surface area contributed by atoms with Crippen LogP contribution in [-0.4, -0.2) is 39.0 Å². The summed E-state index contributed by atoms with van der Waals surface area (Å²) in [7, 11) is -2.48. The molecule has 1 aromatic carbocycles. The summed E-state index contributed by atoms with van der Waals surface area (Å²) in [5, 5.41) is 0. The smallest absolute Gasteiger partial charge is 0.245 e. The largest absolute Gasteiger partial charge is 0.399 e. The molecule has 0 fully saturated rings. The van der Waals surface area contributed by atoms with Crippen LogP contribution in [0.2, 0.25) is 0 Å². The fourth-order valence-electron chi connectivity index (χ4n) is 1.43. The van der Waals surface area contributed by atoms with Gasteiger partial charge in [0.1, 0.15) is 10.7 Å². The first-order valence-electron chi connectivity index (χ1n) is 5.88. The number of nitrogens with zero attached hydrogens (tertiary/aromatic N) is 1. The topological polar surface area (TPSA) is 72.6 Å². The van der Waals surface area contributed by atoms with Gasteiger partial charge in [-0.25, -0.2) is 12.8 Å². The molecule has 0 aliphatic heterocycles. The Morgan fingerprint density at radius 2 is 2.05 bits per heavy atom. The number of hydrogen-bond acceptors (Lipinski definition) is 4. The molecule has 0 atom stereocenters. The molecule has 2 N–H and O–H groups in total. The average molecular weight is 290 g/mol. The Bertz CT molecular complexity index is 532. The van der Waals surface area contributed by atoms with Crippen molar-refractivity contribution >= 4 is 15.7 Å². The Morgan fingerprint density at radius 1 is 1.42 bits per heavy atom. The lowest BCUT2D eigenvalue weighted by atomic mass is 10.3. The highest BCUT2D eigenvalue weighted by atomic mass is 32.2. The molecule has 1 aromatic rings. The van der Waals surface area contributed by atoms with Gasteiger partial charge in [-0.2, -0.15) is 4.31 Å². The van der Waals surface area contributed by atoms with Crippen LogP contribution in [-0.2, 0) is 14.8 Å². The van der Waals surface area contributed by atoms with Crippen molar-refractivity contribution in [1.82, 2.24) is 4.31 Å². The van der Waals surface area contributed by atoms with E-state index >= 15 is 0 Å². The lowest BCUT2D eigenvalue weighted by molar-refractivity contribution is 0.0737. The number of hydrogen-bond donors (Lipinski definition) is 1. The molecule has 0 aromatic heterocycles. The summed E-state index contributed by atoms with van der Waals surface area (Å²) in [6, 6.07) is 3.51. The third-order valence-electron chi connectivity index (χ3n) is 2.50. The van der Waals surface area contributed by atoms with E-state index in [-0.39, 0.29) is 29.8 Å². The molecule has 0 heterocycles. The molecule has 0 aliphatic carbocycles. The summed E-state index contributed by atoms with van der Waals surface area (Å²) in [6.45, 7) is 4.12. The van der Waals surface area contributed by atoms with Crippen molar-refractivity contribution in [2.75, 3.05) is 25.9 Å². The number of nitrogens with two attached hydrogens (primary N) is 1. The normalized spacial score (nSPS) is 12.3. The number of nitrogen functional groups attached to an aromatic ring is 1. The summed E-state index contributed by atoms with van der Waals surface area (Å²) < 4.78 is 44.2. The minimum Gasteiger partial charge on any atom is -0.399 e. The van der Waals surface area contributed by atoms with Gasteiger partial charge >= 0.3 is 0 Å². The third-order valence-corrected chi connectivity index (χ3v) is 4.39. The summed E-state index contributed by atoms with van der Waals surface area (Å²) in [5.41, 5.74) is 5.57. The standard InChI is InChI=1S/C12H19FN2O3S/c1-9(2)18-7-6-15(3)19(16,17)12-5-4-10(14)8-11(12)13/h4-5,8-9H,6-7,14H2,1-3H3. The molecular formula is C12H19FN2O3S. The zero-order valence-corrected chi connectivity index (χ0v) is 12.1. The van der Waals surface area contributed by atoms with Gasteiger partial charge in [-0.15, -0.1) is 0 Å². The van der Waals surface area contributed by atoms with Crippen LogP contribution in [0.15, 0.2) is 23.1 Å². The fraction of sp³-hybridized carbons (Fsp3) is 0.500. The molecule has 0 bridgehead atoms. The van der Waals surface area contributed by atoms with Gasteiger partial charge in [0, 0.05) is 19.3 Å². The molecule has 19 heavy (non-hydrogen) atoms.